The summed E-state index contributed by atoms with van der Waals surface area (Å²) in [4.78, 5) is 15.1. The summed E-state index contributed by atoms with van der Waals surface area (Å²) >= 11 is 0. The van der Waals surface area contributed by atoms with Gasteiger partial charge in [0.1, 0.15) is 6.61 Å². The molecule has 0 bridgehead atoms. The van der Waals surface area contributed by atoms with Crippen LogP contribution < -0.4 is 10.5 Å². The van der Waals surface area contributed by atoms with Crippen molar-refractivity contribution in [3.63, 3.8) is 0 Å². The van der Waals surface area contributed by atoms with Crippen LogP contribution in [0.25, 0.3) is 0 Å². The van der Waals surface area contributed by atoms with Crippen molar-refractivity contribution in [1.82, 2.24) is 4.98 Å². The Balaban J connectivity index is 2.12. The lowest BCUT2D eigenvalue weighted by Gasteiger charge is -2.08. The molecule has 0 atom stereocenters. The van der Waals surface area contributed by atoms with Crippen molar-refractivity contribution < 1.29 is 9.53 Å². The van der Waals surface area contributed by atoms with Gasteiger partial charge in [0, 0.05) is 6.20 Å². The molecule has 0 saturated heterocycles. The van der Waals surface area contributed by atoms with Crippen molar-refractivity contribution in [3.8, 4) is 5.75 Å². The molecule has 2 rings (SSSR count). The second-order valence-corrected chi connectivity index (χ2v) is 3.51. The Hall–Kier alpha value is -2.36. The number of aromatic nitrogens is 1. The summed E-state index contributed by atoms with van der Waals surface area (Å²) in [7, 11) is 0. The summed E-state index contributed by atoms with van der Waals surface area (Å²) in [6.07, 6.45) is 3.00. The van der Waals surface area contributed by atoms with Crippen LogP contribution in [0.4, 0.5) is 0 Å². The summed E-state index contributed by atoms with van der Waals surface area (Å²) in [5.41, 5.74) is 6.60. The quantitative estimate of drug-likeness (QED) is 0.867. The molecule has 0 aliphatic rings. The Morgan fingerprint density at radius 1 is 1.24 bits per heavy atom. The monoisotopic (exact) mass is 228 g/mol. The van der Waals surface area contributed by atoms with Gasteiger partial charge in [-0.05, 0) is 11.6 Å². The molecule has 17 heavy (non-hydrogen) atoms. The van der Waals surface area contributed by atoms with Crippen LogP contribution in [0.2, 0.25) is 0 Å². The highest BCUT2D eigenvalue weighted by Gasteiger charge is 2.08. The fourth-order valence-corrected chi connectivity index (χ4v) is 1.43. The predicted octanol–water partition coefficient (Wildman–Crippen LogP) is 1.76. The first-order valence-electron chi connectivity index (χ1n) is 5.18. The van der Waals surface area contributed by atoms with Crippen LogP contribution in [0.5, 0.6) is 5.75 Å². The highest BCUT2D eigenvalue weighted by Crippen LogP contribution is 2.17. The van der Waals surface area contributed by atoms with E-state index in [2.05, 4.69) is 4.98 Å². The molecular formula is C13H12N2O2. The molecule has 4 nitrogen and oxygen atoms in total. The highest BCUT2D eigenvalue weighted by atomic mass is 16.5. The smallest absolute Gasteiger partial charge is 0.252 e. The fraction of sp³-hybridized carbons (Fsp3) is 0.0769. The maximum Gasteiger partial charge on any atom is 0.252 e. The van der Waals surface area contributed by atoms with Gasteiger partial charge in [-0.2, -0.15) is 0 Å². The van der Waals surface area contributed by atoms with Gasteiger partial charge in [-0.3, -0.25) is 9.78 Å². The van der Waals surface area contributed by atoms with Gasteiger partial charge in [0.25, 0.3) is 5.91 Å². The maximum atomic E-state index is 11.1. The molecule has 2 aromatic rings. The van der Waals surface area contributed by atoms with E-state index in [-0.39, 0.29) is 0 Å². The van der Waals surface area contributed by atoms with Gasteiger partial charge in [-0.15, -0.1) is 0 Å². The van der Waals surface area contributed by atoms with Crippen molar-refractivity contribution in [2.45, 2.75) is 6.61 Å². The van der Waals surface area contributed by atoms with Crippen molar-refractivity contribution >= 4 is 5.91 Å². The minimum absolute atomic E-state index is 0.343. The molecule has 0 fully saturated rings. The van der Waals surface area contributed by atoms with Crippen LogP contribution in [0.15, 0.2) is 48.8 Å². The molecule has 4 heteroatoms. The molecule has 1 aromatic heterocycles. The van der Waals surface area contributed by atoms with Crippen molar-refractivity contribution in [1.29, 1.82) is 0 Å². The minimum atomic E-state index is -0.518. The standard InChI is InChI=1S/C13H12N2O2/c14-13(16)11-6-7-15-8-12(11)17-9-10-4-2-1-3-5-10/h1-8H,9H2,(H2,14,16). The van der Waals surface area contributed by atoms with Crippen LogP contribution in [0.1, 0.15) is 15.9 Å². The molecule has 1 aromatic carbocycles. The SMILES string of the molecule is NC(=O)c1ccncc1OCc1ccccc1. The topological polar surface area (TPSA) is 65.2 Å². The number of benzene rings is 1. The van der Waals surface area contributed by atoms with E-state index in [4.69, 9.17) is 10.5 Å². The Labute approximate surface area is 99.1 Å². The molecule has 0 radical (unpaired) electrons. The van der Waals surface area contributed by atoms with Crippen LogP contribution in [-0.2, 0) is 6.61 Å². The number of carbonyl (C=O) groups is 1. The third-order valence-electron chi connectivity index (χ3n) is 2.29. The summed E-state index contributed by atoms with van der Waals surface area (Å²) < 4.78 is 5.52. The summed E-state index contributed by atoms with van der Waals surface area (Å²) in [6.45, 7) is 0.382. The van der Waals surface area contributed by atoms with Crippen LogP contribution in [0, 0.1) is 0 Å². The molecule has 1 heterocycles. The Morgan fingerprint density at radius 2 is 2.00 bits per heavy atom. The van der Waals surface area contributed by atoms with E-state index in [1.54, 1.807) is 6.07 Å². The van der Waals surface area contributed by atoms with E-state index in [0.29, 0.717) is 17.9 Å². The second-order valence-electron chi connectivity index (χ2n) is 3.51. The normalized spacial score (nSPS) is 9.88. The zero-order valence-corrected chi connectivity index (χ0v) is 9.17. The summed E-state index contributed by atoms with van der Waals surface area (Å²) in [5, 5.41) is 0. The molecule has 86 valence electrons. The average Bonchev–Trinajstić information content (AvgIpc) is 2.38. The first-order valence-corrected chi connectivity index (χ1v) is 5.18. The van der Waals surface area contributed by atoms with Gasteiger partial charge in [0.2, 0.25) is 0 Å². The van der Waals surface area contributed by atoms with Crippen LogP contribution in [-0.4, -0.2) is 10.9 Å². The number of hydrogen-bond acceptors (Lipinski definition) is 3. The van der Waals surface area contributed by atoms with Gasteiger partial charge >= 0.3 is 0 Å². The number of amides is 1. The molecule has 1 amide bonds. The molecule has 0 spiro atoms. The number of nitrogens with zero attached hydrogens (tertiary/aromatic N) is 1. The van der Waals surface area contributed by atoms with Crippen molar-refractivity contribution in [2.24, 2.45) is 5.73 Å². The Bertz CT molecular complexity index is 512. The zero-order valence-electron chi connectivity index (χ0n) is 9.17. The molecular weight excluding hydrogens is 216 g/mol. The van der Waals surface area contributed by atoms with Crippen molar-refractivity contribution in [3.05, 3.63) is 59.9 Å². The first-order chi connectivity index (χ1) is 8.27. The summed E-state index contributed by atoms with van der Waals surface area (Å²) in [5.74, 6) is -0.112. The number of primary amides is 1. The summed E-state index contributed by atoms with van der Waals surface area (Å²) in [6, 6.07) is 11.2. The molecule has 0 aliphatic heterocycles. The lowest BCUT2D eigenvalue weighted by atomic mass is 10.2. The molecule has 0 aliphatic carbocycles. The number of ether oxygens (including phenoxy) is 1. The molecule has 0 saturated carbocycles. The van der Waals surface area contributed by atoms with Gasteiger partial charge in [0.05, 0.1) is 11.8 Å². The van der Waals surface area contributed by atoms with E-state index >= 15 is 0 Å². The van der Waals surface area contributed by atoms with Crippen LogP contribution in [0.3, 0.4) is 0 Å². The van der Waals surface area contributed by atoms with Gasteiger partial charge in [0.15, 0.2) is 5.75 Å². The third kappa shape index (κ3) is 2.81. The van der Waals surface area contributed by atoms with E-state index in [1.165, 1.54) is 12.4 Å². The largest absolute Gasteiger partial charge is 0.486 e. The fourth-order valence-electron chi connectivity index (χ4n) is 1.43. The maximum absolute atomic E-state index is 11.1. The van der Waals surface area contributed by atoms with Gasteiger partial charge in [-0.25, -0.2) is 0 Å². The number of nitrogens with two attached hydrogens (primary N) is 1. The van der Waals surface area contributed by atoms with E-state index < -0.39 is 5.91 Å². The first kappa shape index (κ1) is 11.1. The highest BCUT2D eigenvalue weighted by molar-refractivity contribution is 5.95. The second kappa shape index (κ2) is 5.12. The van der Waals surface area contributed by atoms with E-state index in [1.807, 2.05) is 30.3 Å². The number of hydrogen-bond donors (Lipinski definition) is 1. The van der Waals surface area contributed by atoms with Crippen molar-refractivity contribution in [2.75, 3.05) is 0 Å². The predicted molar refractivity (Wildman–Crippen MR) is 63.5 cm³/mol. The Morgan fingerprint density at radius 3 is 2.71 bits per heavy atom. The van der Waals surface area contributed by atoms with Gasteiger partial charge in [-0.1, -0.05) is 30.3 Å². The van der Waals surface area contributed by atoms with E-state index in [0.717, 1.165) is 5.56 Å². The zero-order chi connectivity index (χ0) is 12.1. The number of carbonyl (C=O) groups excluding carboxylic acids is 1. The lowest BCUT2D eigenvalue weighted by molar-refractivity contribution is 0.0995. The Kier molecular flexibility index (Phi) is 3.35. The number of pyridine rings is 1. The van der Waals surface area contributed by atoms with Crippen LogP contribution >= 0.6 is 0 Å². The lowest BCUT2D eigenvalue weighted by Crippen LogP contribution is -2.13. The average molecular weight is 228 g/mol. The van der Waals surface area contributed by atoms with E-state index in [9.17, 15) is 4.79 Å². The molecule has 0 unspecified atom stereocenters. The minimum Gasteiger partial charge on any atom is -0.486 e. The molecule has 2 N–H and O–H groups in total. The van der Waals surface area contributed by atoms with Gasteiger partial charge < -0.3 is 10.5 Å². The third-order valence-corrected chi connectivity index (χ3v) is 2.29. The number of rotatable bonds is 4.